The maximum absolute atomic E-state index is 12.8. The molecular weight excluding hydrogens is 1010 g/mol. The van der Waals surface area contributed by atoms with Crippen molar-refractivity contribution in [2.24, 2.45) is 0 Å². The van der Waals surface area contributed by atoms with Gasteiger partial charge in [0, 0.05) is 12.8 Å². The molecule has 0 saturated heterocycles. The van der Waals surface area contributed by atoms with Crippen molar-refractivity contribution in [3.05, 3.63) is 72.9 Å². The van der Waals surface area contributed by atoms with Gasteiger partial charge in [0.1, 0.15) is 19.8 Å². The van der Waals surface area contributed by atoms with Crippen molar-refractivity contribution in [3.63, 3.8) is 0 Å². The minimum Gasteiger partial charge on any atom is -0.756 e. The molecule has 0 aromatic heterocycles. The lowest BCUT2D eigenvalue weighted by molar-refractivity contribution is -0.870. The number of esters is 2. The molecule has 10 heteroatoms. The lowest BCUT2D eigenvalue weighted by Crippen LogP contribution is -2.37. The maximum Gasteiger partial charge on any atom is 0.306 e. The van der Waals surface area contributed by atoms with Crippen LogP contribution in [-0.2, 0) is 32.7 Å². The topological polar surface area (TPSA) is 111 Å². The van der Waals surface area contributed by atoms with Gasteiger partial charge in [-0.25, -0.2) is 0 Å². The summed E-state index contributed by atoms with van der Waals surface area (Å²) in [5.41, 5.74) is 0. The van der Waals surface area contributed by atoms with Crippen LogP contribution in [0.15, 0.2) is 72.9 Å². The summed E-state index contributed by atoms with van der Waals surface area (Å²) in [5, 5.41) is 0. The molecule has 9 nitrogen and oxygen atoms in total. The Morgan fingerprint density at radius 2 is 0.713 bits per heavy atom. The first-order valence-corrected chi connectivity index (χ1v) is 35.1. The van der Waals surface area contributed by atoms with E-state index in [0.29, 0.717) is 17.4 Å². The van der Waals surface area contributed by atoms with Gasteiger partial charge in [-0.1, -0.05) is 305 Å². The van der Waals surface area contributed by atoms with E-state index in [1.54, 1.807) is 0 Å². The van der Waals surface area contributed by atoms with Gasteiger partial charge in [0.15, 0.2) is 6.10 Å². The Morgan fingerprint density at radius 1 is 0.400 bits per heavy atom. The number of phosphoric ester groups is 1. The highest BCUT2D eigenvalue weighted by Gasteiger charge is 2.22. The molecule has 0 heterocycles. The zero-order chi connectivity index (χ0) is 58.4. The number of hydrogen-bond donors (Lipinski definition) is 0. The minimum atomic E-state index is -4.64. The molecule has 0 aliphatic carbocycles. The van der Waals surface area contributed by atoms with Gasteiger partial charge in [-0.15, -0.1) is 0 Å². The third-order valence-corrected chi connectivity index (χ3v) is 15.7. The number of nitrogens with zero attached hydrogens (tertiary/aromatic N) is 1. The predicted octanol–water partition coefficient (Wildman–Crippen LogP) is 21.0. The Labute approximate surface area is 495 Å². The fourth-order valence-electron chi connectivity index (χ4n) is 9.60. The van der Waals surface area contributed by atoms with Crippen LogP contribution in [0.2, 0.25) is 0 Å². The highest BCUT2D eigenvalue weighted by molar-refractivity contribution is 7.45. The number of carbonyl (C=O) groups excluding carboxylic acids is 2. The van der Waals surface area contributed by atoms with Gasteiger partial charge >= 0.3 is 11.9 Å². The minimum absolute atomic E-state index is 0.0301. The third kappa shape index (κ3) is 64.6. The zero-order valence-corrected chi connectivity index (χ0v) is 53.9. The Hall–Kier alpha value is -2.55. The van der Waals surface area contributed by atoms with Crippen molar-refractivity contribution in [2.45, 2.75) is 315 Å². The van der Waals surface area contributed by atoms with E-state index in [0.717, 1.165) is 77.0 Å². The Balaban J connectivity index is 4.02. The van der Waals surface area contributed by atoms with Crippen molar-refractivity contribution in [1.82, 2.24) is 0 Å². The van der Waals surface area contributed by atoms with Gasteiger partial charge in [0.05, 0.1) is 27.7 Å². The van der Waals surface area contributed by atoms with Gasteiger partial charge in [0.2, 0.25) is 0 Å². The Morgan fingerprint density at radius 3 is 1.06 bits per heavy atom. The number of phosphoric acid groups is 1. The van der Waals surface area contributed by atoms with Crippen LogP contribution in [0.25, 0.3) is 0 Å². The van der Waals surface area contributed by atoms with Gasteiger partial charge in [-0.05, 0) is 64.2 Å². The van der Waals surface area contributed by atoms with E-state index in [9.17, 15) is 19.0 Å². The predicted molar refractivity (Wildman–Crippen MR) is 342 cm³/mol. The van der Waals surface area contributed by atoms with Crippen LogP contribution in [0.3, 0.4) is 0 Å². The van der Waals surface area contributed by atoms with E-state index in [1.165, 1.54) is 199 Å². The fourth-order valence-corrected chi connectivity index (χ4v) is 10.3. The van der Waals surface area contributed by atoms with Crippen LogP contribution in [0.5, 0.6) is 0 Å². The smallest absolute Gasteiger partial charge is 0.306 e. The van der Waals surface area contributed by atoms with Crippen LogP contribution < -0.4 is 4.89 Å². The zero-order valence-electron chi connectivity index (χ0n) is 53.0. The quantitative estimate of drug-likeness (QED) is 0.0195. The molecule has 0 aromatic rings. The van der Waals surface area contributed by atoms with Crippen LogP contribution in [-0.4, -0.2) is 70.0 Å². The van der Waals surface area contributed by atoms with Crippen LogP contribution in [0.1, 0.15) is 309 Å². The summed E-state index contributed by atoms with van der Waals surface area (Å²) in [7, 11) is 1.18. The molecular formula is C70H128NO8P. The molecule has 80 heavy (non-hydrogen) atoms. The molecule has 0 rings (SSSR count). The monoisotopic (exact) mass is 1140 g/mol. The first-order chi connectivity index (χ1) is 39.0. The normalized spacial score (nSPS) is 13.6. The number of likely N-dealkylation sites (N-methyl/N-ethyl adjacent to an activating group) is 1. The number of unbranched alkanes of at least 4 members (excludes halogenated alkanes) is 36. The highest BCUT2D eigenvalue weighted by atomic mass is 31.2. The number of rotatable bonds is 62. The van der Waals surface area contributed by atoms with E-state index in [1.807, 2.05) is 21.1 Å². The molecule has 0 amide bonds. The van der Waals surface area contributed by atoms with Crippen LogP contribution in [0, 0.1) is 0 Å². The number of hydrogen-bond acceptors (Lipinski definition) is 8. The number of carbonyl (C=O) groups is 2. The molecule has 0 radical (unpaired) electrons. The lowest BCUT2D eigenvalue weighted by Gasteiger charge is -2.28. The SMILES string of the molecule is CC/C=C\C/C=C\C/C=C\C/C=C\C/C=C\C/C=C\CCCCCCCCCCCCCCCCCCC(=O)OC(COC(=O)CCCCCCCCCCCCCCCCCCCCCCC)COP(=O)([O-])OCC[N+](C)(C)C. The van der Waals surface area contributed by atoms with E-state index in [2.05, 4.69) is 86.8 Å². The Bertz CT molecular complexity index is 1580. The summed E-state index contributed by atoms with van der Waals surface area (Å²) in [5.74, 6) is -0.818. The molecule has 0 saturated carbocycles. The number of ether oxygens (including phenoxy) is 2. The molecule has 0 aliphatic rings. The van der Waals surface area contributed by atoms with Crippen molar-refractivity contribution in [1.29, 1.82) is 0 Å². The standard InChI is InChI=1S/C70H128NO8P/c1-6-8-10-12-14-16-18-20-22-24-26-28-29-30-31-32-33-34-35-36-37-38-39-40-41-43-45-47-49-51-53-55-57-59-61-63-70(73)79-68(67-78-80(74,75)77-65-64-71(3,4)5)66-76-69(72)62-60-58-56-54-52-50-48-46-44-42-27-25-23-21-19-17-15-13-11-9-7-2/h8,10,14,16,20,22,26,28,30-31,33-34,68H,6-7,9,11-13,15,17-19,21,23-25,27,29,32,35-67H2,1-5H3/b10-8-,16-14-,22-20-,28-26-,31-30-,34-33-. The lowest BCUT2D eigenvalue weighted by atomic mass is 10.0. The molecule has 2 atom stereocenters. The van der Waals surface area contributed by atoms with Gasteiger partial charge in [-0.3, -0.25) is 14.2 Å². The molecule has 466 valence electrons. The van der Waals surface area contributed by atoms with Crippen LogP contribution in [0.4, 0.5) is 0 Å². The maximum atomic E-state index is 12.8. The number of allylic oxidation sites excluding steroid dienone is 12. The summed E-state index contributed by atoms with van der Waals surface area (Å²) in [6, 6.07) is 0. The first-order valence-electron chi connectivity index (χ1n) is 33.6. The largest absolute Gasteiger partial charge is 0.756 e. The molecule has 2 unspecified atom stereocenters. The summed E-state index contributed by atoms with van der Waals surface area (Å²) in [6.45, 7) is 4.17. The average molecular weight is 1140 g/mol. The van der Waals surface area contributed by atoms with Gasteiger partial charge in [0.25, 0.3) is 7.82 Å². The molecule has 0 aliphatic heterocycles. The summed E-state index contributed by atoms with van der Waals surface area (Å²) in [4.78, 5) is 38.0. The first kappa shape index (κ1) is 77.5. The van der Waals surface area contributed by atoms with E-state index in [-0.39, 0.29) is 32.0 Å². The second-order valence-electron chi connectivity index (χ2n) is 23.8. The molecule has 0 aromatic carbocycles. The fraction of sp³-hybridized carbons (Fsp3) is 0.800. The van der Waals surface area contributed by atoms with Crippen LogP contribution >= 0.6 is 7.82 Å². The van der Waals surface area contributed by atoms with Gasteiger partial charge < -0.3 is 27.9 Å². The second-order valence-corrected chi connectivity index (χ2v) is 25.2. The van der Waals surface area contributed by atoms with E-state index in [4.69, 9.17) is 18.5 Å². The van der Waals surface area contributed by atoms with E-state index >= 15 is 0 Å². The van der Waals surface area contributed by atoms with E-state index < -0.39 is 26.5 Å². The summed E-state index contributed by atoms with van der Waals surface area (Å²) < 4.78 is 34.3. The summed E-state index contributed by atoms with van der Waals surface area (Å²) >= 11 is 0. The number of quaternary nitrogens is 1. The molecule has 0 fully saturated rings. The third-order valence-electron chi connectivity index (χ3n) is 14.7. The van der Waals surface area contributed by atoms with Crippen molar-refractivity contribution in [2.75, 3.05) is 47.5 Å². The Kier molecular flexibility index (Phi) is 59.1. The second kappa shape index (κ2) is 61.0. The van der Waals surface area contributed by atoms with Crippen molar-refractivity contribution in [3.8, 4) is 0 Å². The highest BCUT2D eigenvalue weighted by Crippen LogP contribution is 2.38. The molecule has 0 spiro atoms. The average Bonchev–Trinajstić information content (AvgIpc) is 3.42. The molecule has 0 bridgehead atoms. The van der Waals surface area contributed by atoms with Crippen molar-refractivity contribution < 1.29 is 42.1 Å². The van der Waals surface area contributed by atoms with Crippen molar-refractivity contribution >= 4 is 19.8 Å². The molecule has 0 N–H and O–H groups in total. The van der Waals surface area contributed by atoms with Gasteiger partial charge in [-0.2, -0.15) is 0 Å². The summed E-state index contributed by atoms with van der Waals surface area (Å²) in [6.07, 6.45) is 81.1.